The molecule has 538 valence electrons. The minimum absolute atomic E-state index is 0.232. The average Bonchev–Trinajstić information content (AvgIpc) is 0.788. The topological polar surface area (TPSA) is 307 Å². The second-order valence-corrected chi connectivity index (χ2v) is 25.0. The van der Waals surface area contributed by atoms with Crippen LogP contribution in [0.3, 0.4) is 0 Å². The average molecular weight is 1330 g/mol. The lowest BCUT2D eigenvalue weighted by atomic mass is 9.96. The van der Waals surface area contributed by atoms with Crippen LogP contribution in [0.25, 0.3) is 0 Å². The van der Waals surface area contributed by atoms with Crippen LogP contribution < -0.4 is 5.32 Å². The third-order valence-electron chi connectivity index (χ3n) is 17.0. The zero-order chi connectivity index (χ0) is 68.2. The van der Waals surface area contributed by atoms with Gasteiger partial charge in [-0.3, -0.25) is 4.79 Å². The van der Waals surface area contributed by atoms with E-state index >= 15 is 0 Å². The Balaban J connectivity index is 1.31. The van der Waals surface area contributed by atoms with Crippen molar-refractivity contribution in [3.8, 4) is 0 Å². The van der Waals surface area contributed by atoms with E-state index in [4.69, 9.17) is 28.4 Å². The van der Waals surface area contributed by atoms with E-state index in [1.807, 2.05) is 6.08 Å². The summed E-state index contributed by atoms with van der Waals surface area (Å²) in [6.45, 7) is 1.56. The highest BCUT2D eigenvalue weighted by Crippen LogP contribution is 2.33. The molecule has 3 fully saturated rings. The Morgan fingerprint density at radius 2 is 0.734 bits per heavy atom. The second-order valence-electron chi connectivity index (χ2n) is 25.0. The number of unbranched alkanes of at least 4 members (excludes halogenated alkanes) is 19. The van der Waals surface area contributed by atoms with Crippen LogP contribution >= 0.6 is 0 Å². The van der Waals surface area contributed by atoms with Crippen molar-refractivity contribution in [3.63, 3.8) is 0 Å². The smallest absolute Gasteiger partial charge is 0.220 e. The fraction of sp³-hybridized carbons (Fsp3) is 0.720. The number of allylic oxidation sites excluding steroid dienone is 19. The van der Waals surface area contributed by atoms with Crippen molar-refractivity contribution < 1.29 is 89.4 Å². The van der Waals surface area contributed by atoms with E-state index in [-0.39, 0.29) is 18.9 Å². The molecule has 0 aliphatic carbocycles. The van der Waals surface area contributed by atoms with E-state index in [0.717, 1.165) is 116 Å². The fourth-order valence-electron chi connectivity index (χ4n) is 11.2. The first-order chi connectivity index (χ1) is 45.8. The highest BCUT2D eigenvalue weighted by atomic mass is 16.8. The lowest BCUT2D eigenvalue weighted by Crippen LogP contribution is -2.66. The molecular weight excluding hydrogens is 1200 g/mol. The largest absolute Gasteiger partial charge is 0.394 e. The Morgan fingerprint density at radius 3 is 1.15 bits per heavy atom. The van der Waals surface area contributed by atoms with Crippen LogP contribution in [0, 0.1) is 0 Å². The van der Waals surface area contributed by atoms with E-state index in [1.165, 1.54) is 70.6 Å². The molecule has 17 atom stereocenters. The summed E-state index contributed by atoms with van der Waals surface area (Å²) in [7, 11) is 0. The van der Waals surface area contributed by atoms with E-state index < -0.39 is 124 Å². The quantitative estimate of drug-likeness (QED) is 0.0199. The number of nitrogens with one attached hydrogen (secondary N) is 1. The highest BCUT2D eigenvalue weighted by Gasteiger charge is 2.53. The zero-order valence-corrected chi connectivity index (χ0v) is 56.9. The molecule has 0 aromatic heterocycles. The van der Waals surface area contributed by atoms with Crippen molar-refractivity contribution >= 4 is 5.91 Å². The molecule has 3 aliphatic rings. The van der Waals surface area contributed by atoms with Gasteiger partial charge in [-0.05, 0) is 89.9 Å². The molecule has 12 N–H and O–H groups in total. The molecule has 0 radical (unpaired) electrons. The van der Waals surface area contributed by atoms with Crippen molar-refractivity contribution in [1.82, 2.24) is 5.32 Å². The van der Waals surface area contributed by atoms with Crippen molar-refractivity contribution in [2.75, 3.05) is 26.4 Å². The van der Waals surface area contributed by atoms with Gasteiger partial charge in [-0.25, -0.2) is 0 Å². The lowest BCUT2D eigenvalue weighted by molar-refractivity contribution is -0.379. The molecule has 0 saturated carbocycles. The first kappa shape index (κ1) is 84.4. The summed E-state index contributed by atoms with van der Waals surface area (Å²) in [5.74, 6) is -0.286. The Morgan fingerprint density at radius 1 is 0.394 bits per heavy atom. The Hall–Kier alpha value is -3.81. The number of ether oxygens (including phenoxy) is 6. The summed E-state index contributed by atoms with van der Waals surface area (Å²) in [5.41, 5.74) is 0. The summed E-state index contributed by atoms with van der Waals surface area (Å²) in [4.78, 5) is 13.4. The number of aliphatic hydroxyl groups is 11. The predicted molar refractivity (Wildman–Crippen MR) is 369 cm³/mol. The van der Waals surface area contributed by atoms with Crippen LogP contribution in [0.4, 0.5) is 0 Å². The molecule has 1 amide bonds. The van der Waals surface area contributed by atoms with Crippen molar-refractivity contribution in [2.24, 2.45) is 0 Å². The molecule has 0 bridgehead atoms. The normalized spacial score (nSPS) is 28.1. The second kappa shape index (κ2) is 55.1. The van der Waals surface area contributed by atoms with Crippen LogP contribution in [-0.4, -0.2) is 193 Å². The maximum atomic E-state index is 13.4. The molecule has 3 aliphatic heterocycles. The maximum Gasteiger partial charge on any atom is 0.220 e. The van der Waals surface area contributed by atoms with Gasteiger partial charge in [0.05, 0.1) is 38.6 Å². The summed E-state index contributed by atoms with van der Waals surface area (Å²) >= 11 is 0. The molecule has 3 rings (SSSR count). The van der Waals surface area contributed by atoms with Crippen molar-refractivity contribution in [2.45, 2.75) is 317 Å². The number of carbonyl (C=O) groups excluding carboxylic acids is 1. The SMILES string of the molecule is CC/C=C\C/C=C\C/C=C\C/C=C\C/C=C\C/C=C\C/C=C\C/C=C\C/C=C\CCCCCCCCCCCCCC(=O)NC(COC1OC(CO)C(OC2OC(CO)C(OC3OC(CO)C(O)C(O)C3O)C(O)C2O)C(O)C1O)C(O)/C=C/CCCCCCCCCC. The Kier molecular flexibility index (Phi) is 49.5. The van der Waals surface area contributed by atoms with Gasteiger partial charge in [-0.15, -0.1) is 0 Å². The number of aliphatic hydroxyl groups excluding tert-OH is 11. The minimum Gasteiger partial charge on any atom is -0.394 e. The van der Waals surface area contributed by atoms with E-state index in [0.29, 0.717) is 6.42 Å². The first-order valence-corrected chi connectivity index (χ1v) is 35.8. The van der Waals surface area contributed by atoms with Gasteiger partial charge in [0.15, 0.2) is 18.9 Å². The molecule has 3 heterocycles. The van der Waals surface area contributed by atoms with Crippen LogP contribution in [0.5, 0.6) is 0 Å². The number of rotatable bonds is 53. The number of hydrogen-bond donors (Lipinski definition) is 12. The standard InChI is InChI=1S/C75H125NO18/c1-3-5-7-9-11-13-15-16-17-18-19-20-21-22-23-24-25-26-27-28-29-30-31-32-33-34-35-36-37-38-39-40-41-42-43-45-47-49-51-53-63(81)76-58(59(80)52-50-48-46-44-14-12-10-8-6-4-2)57-89-73-69(87)66(84)71(61(55-78)91-73)94-75-70(88)67(85)72(62(56-79)92-75)93-74-68(86)65(83)64(82)60(54-77)90-74/h5,7,11,13,16-17,19-20,22-23,25-26,28-29,31-32,34-35,50,52,58-62,64-75,77-80,82-88H,3-4,6,8-10,12,14-15,18,21,24,27,30,33,36-49,51,53-57H2,1-2H3,(H,76,81)/b7-5-,13-11-,17-16-,20-19-,23-22-,26-25-,29-28-,32-31-,35-34-,52-50+. The number of amides is 1. The van der Waals surface area contributed by atoms with Gasteiger partial charge in [0.1, 0.15) is 73.2 Å². The zero-order valence-electron chi connectivity index (χ0n) is 56.9. The molecule has 3 saturated heterocycles. The summed E-state index contributed by atoms with van der Waals surface area (Å²) < 4.78 is 34.3. The monoisotopic (exact) mass is 1330 g/mol. The Bertz CT molecular complexity index is 2180. The molecular formula is C75H125NO18. The molecule has 19 heteroatoms. The minimum atomic E-state index is -1.98. The number of hydrogen-bond acceptors (Lipinski definition) is 18. The molecule has 0 spiro atoms. The lowest BCUT2D eigenvalue weighted by Gasteiger charge is -2.48. The van der Waals surface area contributed by atoms with Crippen LogP contribution in [0.2, 0.25) is 0 Å². The summed E-state index contributed by atoms with van der Waals surface area (Å²) in [6.07, 6.45) is 49.2. The molecule has 0 aromatic carbocycles. The number of carbonyl (C=O) groups is 1. The van der Waals surface area contributed by atoms with E-state index in [2.05, 4.69) is 129 Å². The molecule has 17 unspecified atom stereocenters. The maximum absolute atomic E-state index is 13.4. The van der Waals surface area contributed by atoms with Gasteiger partial charge in [0.2, 0.25) is 5.91 Å². The first-order valence-electron chi connectivity index (χ1n) is 35.8. The van der Waals surface area contributed by atoms with Gasteiger partial charge in [-0.2, -0.15) is 0 Å². The third kappa shape index (κ3) is 36.1. The van der Waals surface area contributed by atoms with Crippen LogP contribution in [0.15, 0.2) is 122 Å². The predicted octanol–water partition coefficient (Wildman–Crippen LogP) is 9.99. The van der Waals surface area contributed by atoms with Crippen LogP contribution in [0.1, 0.15) is 213 Å². The highest BCUT2D eigenvalue weighted by molar-refractivity contribution is 5.76. The summed E-state index contributed by atoms with van der Waals surface area (Å²) in [6, 6.07) is -0.980. The van der Waals surface area contributed by atoms with E-state index in [9.17, 15) is 61.0 Å². The van der Waals surface area contributed by atoms with Crippen molar-refractivity contribution in [1.29, 1.82) is 0 Å². The fourth-order valence-corrected chi connectivity index (χ4v) is 11.2. The molecule has 19 nitrogen and oxygen atoms in total. The van der Waals surface area contributed by atoms with Gasteiger partial charge >= 0.3 is 0 Å². The molecule has 94 heavy (non-hydrogen) atoms. The third-order valence-corrected chi connectivity index (χ3v) is 17.0. The van der Waals surface area contributed by atoms with E-state index in [1.54, 1.807) is 6.08 Å². The Labute approximate surface area is 563 Å². The molecule has 0 aromatic rings. The van der Waals surface area contributed by atoms with Gasteiger partial charge in [0.25, 0.3) is 0 Å². The van der Waals surface area contributed by atoms with Gasteiger partial charge in [0, 0.05) is 6.42 Å². The summed E-state index contributed by atoms with van der Waals surface area (Å²) in [5, 5.41) is 120. The van der Waals surface area contributed by atoms with Crippen molar-refractivity contribution in [3.05, 3.63) is 122 Å². The van der Waals surface area contributed by atoms with Crippen LogP contribution in [-0.2, 0) is 33.2 Å². The van der Waals surface area contributed by atoms with Gasteiger partial charge in [-0.1, -0.05) is 238 Å². The van der Waals surface area contributed by atoms with Gasteiger partial charge < -0.3 is 89.9 Å².